The summed E-state index contributed by atoms with van der Waals surface area (Å²) in [7, 11) is -2.81. The highest BCUT2D eigenvalue weighted by atomic mass is 32.2. The van der Waals surface area contributed by atoms with Gasteiger partial charge in [-0.25, -0.2) is 8.42 Å². The van der Waals surface area contributed by atoms with E-state index in [-0.39, 0.29) is 17.5 Å². The van der Waals surface area contributed by atoms with Crippen LogP contribution in [-0.4, -0.2) is 38.0 Å². The number of nitrogens with two attached hydrogens (primary N) is 1. The number of rotatable bonds is 2. The molecule has 0 amide bonds. The molecule has 2 fully saturated rings. The average Bonchev–Trinajstić information content (AvgIpc) is 2.33. The number of hydrogen-bond acceptors (Lipinski definition) is 3. The molecule has 2 rings (SSSR count). The zero-order chi connectivity index (χ0) is 13.0. The first-order valence-corrected chi connectivity index (χ1v) is 8.67. The van der Waals surface area contributed by atoms with Gasteiger partial charge in [0.05, 0.1) is 17.5 Å². The summed E-state index contributed by atoms with van der Waals surface area (Å²) in [5, 5.41) is 3.27. The van der Waals surface area contributed by atoms with Crippen LogP contribution in [0.1, 0.15) is 44.9 Å². The molecular formula is C12H23N3O2S. The molecule has 3 N–H and O–H groups in total. The Morgan fingerprint density at radius 2 is 1.67 bits per heavy atom. The largest absolute Gasteiger partial charge is 0.370 e. The molecule has 5 nitrogen and oxygen atoms in total. The zero-order valence-corrected chi connectivity index (χ0v) is 11.6. The fourth-order valence-electron chi connectivity index (χ4n) is 2.70. The van der Waals surface area contributed by atoms with Crippen molar-refractivity contribution in [2.45, 2.75) is 57.0 Å². The van der Waals surface area contributed by atoms with E-state index in [4.69, 9.17) is 5.73 Å². The Bertz CT molecular complexity index is 386. The van der Waals surface area contributed by atoms with Crippen molar-refractivity contribution >= 4 is 15.8 Å². The molecule has 104 valence electrons. The summed E-state index contributed by atoms with van der Waals surface area (Å²) in [6.07, 6.45) is 7.37. The number of nitrogens with one attached hydrogen (secondary N) is 1. The molecule has 0 radical (unpaired) electrons. The van der Waals surface area contributed by atoms with Crippen LogP contribution in [0.4, 0.5) is 0 Å². The van der Waals surface area contributed by atoms with E-state index in [2.05, 4.69) is 10.3 Å². The second-order valence-electron chi connectivity index (χ2n) is 5.38. The maximum absolute atomic E-state index is 11.3. The van der Waals surface area contributed by atoms with Crippen LogP contribution in [0.15, 0.2) is 4.99 Å². The first kappa shape index (κ1) is 13.6. The number of nitrogens with zero attached hydrogens (tertiary/aromatic N) is 1. The molecule has 0 bridgehead atoms. The van der Waals surface area contributed by atoms with Crippen molar-refractivity contribution in [3.05, 3.63) is 0 Å². The standard InChI is InChI=1S/C12H23N3O2S/c13-12(14-10-4-2-1-3-5-10)15-11-6-8-18(16,17)9-7-11/h10-11H,1-9H2,(H3,13,14,15). The lowest BCUT2D eigenvalue weighted by Gasteiger charge is -2.24. The van der Waals surface area contributed by atoms with Crippen molar-refractivity contribution in [1.82, 2.24) is 5.32 Å². The summed E-state index contributed by atoms with van der Waals surface area (Å²) in [5.41, 5.74) is 5.89. The monoisotopic (exact) mass is 273 g/mol. The molecule has 1 saturated heterocycles. The highest BCUT2D eigenvalue weighted by molar-refractivity contribution is 7.91. The second kappa shape index (κ2) is 5.91. The van der Waals surface area contributed by atoms with Gasteiger partial charge in [0.2, 0.25) is 0 Å². The third kappa shape index (κ3) is 4.15. The number of hydrogen-bond donors (Lipinski definition) is 2. The molecule has 1 aliphatic carbocycles. The van der Waals surface area contributed by atoms with Crippen LogP contribution in [0.3, 0.4) is 0 Å². The quantitative estimate of drug-likeness (QED) is 0.576. The summed E-state index contributed by atoms with van der Waals surface area (Å²) < 4.78 is 22.6. The number of guanidine groups is 1. The van der Waals surface area contributed by atoms with Gasteiger partial charge in [-0.15, -0.1) is 0 Å². The fourth-order valence-corrected chi connectivity index (χ4v) is 4.16. The van der Waals surface area contributed by atoms with Gasteiger partial charge in [-0.2, -0.15) is 0 Å². The molecule has 0 aromatic rings. The van der Waals surface area contributed by atoms with Gasteiger partial charge in [-0.1, -0.05) is 19.3 Å². The Labute approximate surface area is 109 Å². The molecule has 1 heterocycles. The lowest BCUT2D eigenvalue weighted by atomic mass is 9.96. The number of sulfone groups is 1. The van der Waals surface area contributed by atoms with Gasteiger partial charge >= 0.3 is 0 Å². The van der Waals surface area contributed by atoms with Crippen LogP contribution >= 0.6 is 0 Å². The SMILES string of the molecule is NC(=NC1CCS(=O)(=O)CC1)NC1CCCCC1. The first-order valence-electron chi connectivity index (χ1n) is 6.85. The van der Waals surface area contributed by atoms with Crippen molar-refractivity contribution in [3.8, 4) is 0 Å². The molecule has 0 unspecified atom stereocenters. The van der Waals surface area contributed by atoms with Crippen molar-refractivity contribution in [2.75, 3.05) is 11.5 Å². The van der Waals surface area contributed by atoms with E-state index in [1.165, 1.54) is 19.3 Å². The highest BCUT2D eigenvalue weighted by Crippen LogP contribution is 2.18. The Morgan fingerprint density at radius 3 is 2.28 bits per heavy atom. The van der Waals surface area contributed by atoms with Crippen LogP contribution in [0.5, 0.6) is 0 Å². The maximum Gasteiger partial charge on any atom is 0.189 e. The fraction of sp³-hybridized carbons (Fsp3) is 0.917. The predicted octanol–water partition coefficient (Wildman–Crippen LogP) is 0.801. The molecule has 6 heteroatoms. The summed E-state index contributed by atoms with van der Waals surface area (Å²) in [6.45, 7) is 0. The molecule has 1 aliphatic heterocycles. The van der Waals surface area contributed by atoms with E-state index < -0.39 is 9.84 Å². The molecule has 0 spiro atoms. The van der Waals surface area contributed by atoms with Crippen LogP contribution in [0.2, 0.25) is 0 Å². The smallest absolute Gasteiger partial charge is 0.189 e. The summed E-state index contributed by atoms with van der Waals surface area (Å²) in [5.74, 6) is 0.988. The van der Waals surface area contributed by atoms with Crippen molar-refractivity contribution in [2.24, 2.45) is 10.7 Å². The van der Waals surface area contributed by atoms with Gasteiger partial charge in [0.15, 0.2) is 5.96 Å². The van der Waals surface area contributed by atoms with Gasteiger partial charge in [-0.3, -0.25) is 4.99 Å². The summed E-state index contributed by atoms with van der Waals surface area (Å²) in [6, 6.07) is 0.527. The number of aliphatic imine (C=N–C) groups is 1. The highest BCUT2D eigenvalue weighted by Gasteiger charge is 2.23. The predicted molar refractivity (Wildman–Crippen MR) is 73.3 cm³/mol. The van der Waals surface area contributed by atoms with E-state index >= 15 is 0 Å². The lowest BCUT2D eigenvalue weighted by Crippen LogP contribution is -2.42. The molecule has 0 aromatic carbocycles. The normalized spacial score (nSPS) is 27.0. The zero-order valence-electron chi connectivity index (χ0n) is 10.8. The minimum Gasteiger partial charge on any atom is -0.370 e. The van der Waals surface area contributed by atoms with Crippen LogP contribution < -0.4 is 11.1 Å². The van der Waals surface area contributed by atoms with Gasteiger partial charge in [-0.05, 0) is 25.7 Å². The molecule has 0 aromatic heterocycles. The molecule has 1 saturated carbocycles. The maximum atomic E-state index is 11.3. The molecule has 2 aliphatic rings. The minimum atomic E-state index is -2.81. The van der Waals surface area contributed by atoms with Crippen molar-refractivity contribution in [1.29, 1.82) is 0 Å². The van der Waals surface area contributed by atoms with Gasteiger partial charge in [0.25, 0.3) is 0 Å². The van der Waals surface area contributed by atoms with Crippen molar-refractivity contribution in [3.63, 3.8) is 0 Å². The topological polar surface area (TPSA) is 84.5 Å². The van der Waals surface area contributed by atoms with E-state index in [1.54, 1.807) is 0 Å². The Morgan fingerprint density at radius 1 is 1.06 bits per heavy atom. The van der Waals surface area contributed by atoms with Crippen molar-refractivity contribution < 1.29 is 8.42 Å². The summed E-state index contributed by atoms with van der Waals surface area (Å²) >= 11 is 0. The Kier molecular flexibility index (Phi) is 4.48. The van der Waals surface area contributed by atoms with Crippen LogP contribution in [0.25, 0.3) is 0 Å². The van der Waals surface area contributed by atoms with E-state index in [9.17, 15) is 8.42 Å². The average molecular weight is 273 g/mol. The van der Waals surface area contributed by atoms with Gasteiger partial charge in [0, 0.05) is 6.04 Å². The van der Waals surface area contributed by atoms with Gasteiger partial charge < -0.3 is 11.1 Å². The first-order chi connectivity index (χ1) is 8.55. The van der Waals surface area contributed by atoms with E-state index in [0.29, 0.717) is 24.8 Å². The van der Waals surface area contributed by atoms with E-state index in [1.807, 2.05) is 0 Å². The molecule has 18 heavy (non-hydrogen) atoms. The Balaban J connectivity index is 1.81. The van der Waals surface area contributed by atoms with E-state index in [0.717, 1.165) is 12.8 Å². The third-order valence-electron chi connectivity index (χ3n) is 3.80. The van der Waals surface area contributed by atoms with Crippen LogP contribution in [-0.2, 0) is 9.84 Å². The Hall–Kier alpha value is -0.780. The molecular weight excluding hydrogens is 250 g/mol. The second-order valence-corrected chi connectivity index (χ2v) is 7.68. The third-order valence-corrected chi connectivity index (χ3v) is 5.52. The van der Waals surface area contributed by atoms with Crippen LogP contribution in [0, 0.1) is 0 Å². The van der Waals surface area contributed by atoms with Gasteiger partial charge in [0.1, 0.15) is 9.84 Å². The minimum absolute atomic E-state index is 0.0737. The summed E-state index contributed by atoms with van der Waals surface area (Å²) in [4.78, 5) is 4.41. The lowest BCUT2D eigenvalue weighted by molar-refractivity contribution is 0.411. The molecule has 0 atom stereocenters.